The zero-order valence-electron chi connectivity index (χ0n) is 13.1. The van der Waals surface area contributed by atoms with Crippen LogP contribution in [0, 0.1) is 0 Å². The fourth-order valence-electron chi connectivity index (χ4n) is 3.64. The third-order valence-electron chi connectivity index (χ3n) is 4.90. The Morgan fingerprint density at radius 1 is 1.17 bits per heavy atom. The first kappa shape index (κ1) is 14.3. The average Bonchev–Trinajstić information content (AvgIpc) is 3.31. The maximum Gasteiger partial charge on any atom is 0.287 e. The lowest BCUT2D eigenvalue weighted by molar-refractivity contribution is 0.0903. The highest BCUT2D eigenvalue weighted by Gasteiger charge is 2.39. The Kier molecular flexibility index (Phi) is 3.58. The highest BCUT2D eigenvalue weighted by Crippen LogP contribution is 2.29. The summed E-state index contributed by atoms with van der Waals surface area (Å²) < 4.78 is 5.74. The van der Waals surface area contributed by atoms with E-state index in [0.29, 0.717) is 23.6 Å². The number of furan rings is 1. The predicted molar refractivity (Wildman–Crippen MR) is 89.5 cm³/mol. The summed E-state index contributed by atoms with van der Waals surface area (Å²) in [6.07, 6.45) is 3.40. The fraction of sp³-hybridized carbons (Fsp3) is 0.389. The standard InChI is InChI=1S/C18H21N3O2/c1-19-12-4-2-11(3-5-12)16-8-9-17(23-16)18(22)21-15-10-13-6-7-14(15)20-13/h2-5,8-9,13-15,19-20H,6-7,10H2,1H3,(H,21,22). The molecule has 5 nitrogen and oxygen atoms in total. The lowest BCUT2D eigenvalue weighted by Gasteiger charge is -2.20. The zero-order valence-corrected chi connectivity index (χ0v) is 13.1. The molecule has 0 radical (unpaired) electrons. The molecule has 2 fully saturated rings. The second-order valence-electron chi connectivity index (χ2n) is 6.35. The van der Waals surface area contributed by atoms with Crippen LogP contribution in [0.15, 0.2) is 40.8 Å². The molecule has 120 valence electrons. The van der Waals surface area contributed by atoms with E-state index in [-0.39, 0.29) is 11.9 Å². The monoisotopic (exact) mass is 311 g/mol. The van der Waals surface area contributed by atoms with Gasteiger partial charge in [0.2, 0.25) is 0 Å². The highest BCUT2D eigenvalue weighted by molar-refractivity contribution is 5.92. The Morgan fingerprint density at radius 3 is 2.65 bits per heavy atom. The molecule has 3 unspecified atom stereocenters. The van der Waals surface area contributed by atoms with Crippen LogP contribution in [0.5, 0.6) is 0 Å². The Labute approximate surface area is 135 Å². The minimum Gasteiger partial charge on any atom is -0.451 e. The van der Waals surface area contributed by atoms with Gasteiger partial charge in [0.05, 0.1) is 0 Å². The minimum atomic E-state index is -0.123. The van der Waals surface area contributed by atoms with Crippen molar-refractivity contribution < 1.29 is 9.21 Å². The van der Waals surface area contributed by atoms with Crippen LogP contribution >= 0.6 is 0 Å². The van der Waals surface area contributed by atoms with Crippen molar-refractivity contribution in [3.05, 3.63) is 42.2 Å². The van der Waals surface area contributed by atoms with Crippen LogP contribution in [0.1, 0.15) is 29.8 Å². The molecule has 1 aromatic carbocycles. The third-order valence-corrected chi connectivity index (χ3v) is 4.90. The largest absolute Gasteiger partial charge is 0.451 e. The first-order valence-corrected chi connectivity index (χ1v) is 8.18. The van der Waals surface area contributed by atoms with E-state index in [0.717, 1.165) is 24.1 Å². The van der Waals surface area contributed by atoms with Crippen molar-refractivity contribution in [3.8, 4) is 11.3 Å². The summed E-state index contributed by atoms with van der Waals surface area (Å²) in [7, 11) is 1.88. The summed E-state index contributed by atoms with van der Waals surface area (Å²) in [5.74, 6) is 0.965. The van der Waals surface area contributed by atoms with Crippen molar-refractivity contribution in [1.82, 2.24) is 10.6 Å². The molecular formula is C18H21N3O2. The molecule has 3 N–H and O–H groups in total. The Bertz CT molecular complexity index is 707. The van der Waals surface area contributed by atoms with E-state index in [1.165, 1.54) is 6.42 Å². The second-order valence-corrected chi connectivity index (χ2v) is 6.35. The molecule has 5 heteroatoms. The molecule has 3 heterocycles. The van der Waals surface area contributed by atoms with Crippen LogP contribution in [0.25, 0.3) is 11.3 Å². The lowest BCUT2D eigenvalue weighted by atomic mass is 9.95. The maximum absolute atomic E-state index is 12.4. The Morgan fingerprint density at radius 2 is 2.00 bits per heavy atom. The maximum atomic E-state index is 12.4. The van der Waals surface area contributed by atoms with Gasteiger partial charge in [-0.05, 0) is 55.7 Å². The van der Waals surface area contributed by atoms with Crippen molar-refractivity contribution in [3.63, 3.8) is 0 Å². The Balaban J connectivity index is 1.45. The first-order chi connectivity index (χ1) is 11.2. The molecule has 1 amide bonds. The SMILES string of the molecule is CNc1ccc(-c2ccc(C(=O)NC3CC4CCC3N4)o2)cc1. The van der Waals surface area contributed by atoms with Gasteiger partial charge in [-0.25, -0.2) is 0 Å². The third kappa shape index (κ3) is 2.72. The first-order valence-electron chi connectivity index (χ1n) is 8.18. The number of amides is 1. The number of anilines is 1. The van der Waals surface area contributed by atoms with Crippen LogP contribution in [-0.2, 0) is 0 Å². The van der Waals surface area contributed by atoms with Gasteiger partial charge >= 0.3 is 0 Å². The second kappa shape index (κ2) is 5.74. The number of nitrogens with one attached hydrogen (secondary N) is 3. The van der Waals surface area contributed by atoms with Crippen molar-refractivity contribution in [1.29, 1.82) is 0 Å². The van der Waals surface area contributed by atoms with Gasteiger partial charge in [-0.2, -0.15) is 0 Å². The number of benzene rings is 1. The molecule has 2 saturated heterocycles. The van der Waals surface area contributed by atoms with E-state index in [2.05, 4.69) is 16.0 Å². The molecule has 0 aliphatic carbocycles. The quantitative estimate of drug-likeness (QED) is 0.812. The molecule has 2 aromatic rings. The van der Waals surface area contributed by atoms with Gasteiger partial charge < -0.3 is 20.4 Å². The summed E-state index contributed by atoms with van der Waals surface area (Å²) in [6, 6.07) is 12.7. The van der Waals surface area contributed by atoms with Gasteiger partial charge in [-0.1, -0.05) is 0 Å². The van der Waals surface area contributed by atoms with Crippen LogP contribution in [0.4, 0.5) is 5.69 Å². The molecule has 3 atom stereocenters. The van der Waals surface area contributed by atoms with Gasteiger partial charge in [0.1, 0.15) is 5.76 Å². The van der Waals surface area contributed by atoms with Gasteiger partial charge in [0.25, 0.3) is 5.91 Å². The predicted octanol–water partition coefficient (Wildman–Crippen LogP) is 2.61. The molecular weight excluding hydrogens is 290 g/mol. The van der Waals surface area contributed by atoms with Crippen molar-refractivity contribution in [2.75, 3.05) is 12.4 Å². The lowest BCUT2D eigenvalue weighted by Crippen LogP contribution is -2.42. The van der Waals surface area contributed by atoms with Crippen LogP contribution in [-0.4, -0.2) is 31.1 Å². The van der Waals surface area contributed by atoms with Crippen molar-refractivity contribution in [2.45, 2.75) is 37.4 Å². The van der Waals surface area contributed by atoms with E-state index >= 15 is 0 Å². The minimum absolute atomic E-state index is 0.123. The molecule has 23 heavy (non-hydrogen) atoms. The molecule has 0 spiro atoms. The van der Waals surface area contributed by atoms with E-state index in [1.54, 1.807) is 6.07 Å². The number of carbonyl (C=O) groups is 1. The number of hydrogen-bond donors (Lipinski definition) is 3. The van der Waals surface area contributed by atoms with Crippen molar-refractivity contribution in [2.24, 2.45) is 0 Å². The van der Waals surface area contributed by atoms with E-state index in [4.69, 9.17) is 4.42 Å². The highest BCUT2D eigenvalue weighted by atomic mass is 16.3. The molecule has 2 aliphatic heterocycles. The topological polar surface area (TPSA) is 66.3 Å². The van der Waals surface area contributed by atoms with E-state index in [9.17, 15) is 4.79 Å². The fourth-order valence-corrected chi connectivity index (χ4v) is 3.64. The van der Waals surface area contributed by atoms with Crippen LogP contribution < -0.4 is 16.0 Å². The summed E-state index contributed by atoms with van der Waals surface area (Å²) in [5, 5.41) is 9.71. The number of rotatable bonds is 4. The molecule has 2 bridgehead atoms. The summed E-state index contributed by atoms with van der Waals surface area (Å²) >= 11 is 0. The van der Waals surface area contributed by atoms with Gasteiger partial charge in [-0.15, -0.1) is 0 Å². The molecule has 0 saturated carbocycles. The summed E-state index contributed by atoms with van der Waals surface area (Å²) in [6.45, 7) is 0. The molecule has 4 rings (SSSR count). The van der Waals surface area contributed by atoms with E-state index < -0.39 is 0 Å². The number of hydrogen-bond acceptors (Lipinski definition) is 4. The number of fused-ring (bicyclic) bond motifs is 2. The zero-order chi connectivity index (χ0) is 15.8. The average molecular weight is 311 g/mol. The smallest absolute Gasteiger partial charge is 0.287 e. The van der Waals surface area contributed by atoms with Crippen LogP contribution in [0.3, 0.4) is 0 Å². The van der Waals surface area contributed by atoms with Gasteiger partial charge in [-0.3, -0.25) is 4.79 Å². The Hall–Kier alpha value is -2.27. The van der Waals surface area contributed by atoms with Gasteiger partial charge in [0, 0.05) is 36.4 Å². The molecule has 2 aliphatic rings. The summed E-state index contributed by atoms with van der Waals surface area (Å²) in [5.41, 5.74) is 2.01. The van der Waals surface area contributed by atoms with Gasteiger partial charge in [0.15, 0.2) is 5.76 Å². The van der Waals surface area contributed by atoms with Crippen molar-refractivity contribution >= 4 is 11.6 Å². The van der Waals surface area contributed by atoms with Crippen LogP contribution in [0.2, 0.25) is 0 Å². The molecule has 1 aromatic heterocycles. The normalized spacial score (nSPS) is 25.5. The van der Waals surface area contributed by atoms with E-state index in [1.807, 2.05) is 37.4 Å². The number of carbonyl (C=O) groups excluding carboxylic acids is 1. The summed E-state index contributed by atoms with van der Waals surface area (Å²) in [4.78, 5) is 12.4.